The van der Waals surface area contributed by atoms with Crippen LogP contribution in [0.1, 0.15) is 43.0 Å². The third-order valence-corrected chi connectivity index (χ3v) is 4.96. The normalized spacial score (nSPS) is 14.3. The van der Waals surface area contributed by atoms with Crippen molar-refractivity contribution >= 4 is 5.91 Å². The predicted octanol–water partition coefficient (Wildman–Crippen LogP) is 4.36. The van der Waals surface area contributed by atoms with Crippen LogP contribution in [0, 0.1) is 19.8 Å². The summed E-state index contributed by atoms with van der Waals surface area (Å²) in [5.74, 6) is 2.27. The molecule has 0 saturated heterocycles. The first-order chi connectivity index (χ1) is 13.4. The van der Waals surface area contributed by atoms with Gasteiger partial charge in [-0.05, 0) is 60.7 Å². The number of carbonyl (C=O) groups is 1. The van der Waals surface area contributed by atoms with Gasteiger partial charge in [0.15, 0.2) is 18.1 Å². The fourth-order valence-electron chi connectivity index (χ4n) is 3.18. The van der Waals surface area contributed by atoms with Crippen LogP contribution in [0.2, 0.25) is 0 Å². The lowest BCUT2D eigenvalue weighted by atomic mass is 9.95. The Labute approximate surface area is 167 Å². The largest absolute Gasteiger partial charge is 0.490 e. The van der Waals surface area contributed by atoms with Crippen molar-refractivity contribution in [1.29, 1.82) is 0 Å². The summed E-state index contributed by atoms with van der Waals surface area (Å²) in [7, 11) is 0. The first-order valence-electron chi connectivity index (χ1n) is 9.83. The highest BCUT2D eigenvalue weighted by atomic mass is 16.5. The van der Waals surface area contributed by atoms with Gasteiger partial charge in [0.2, 0.25) is 0 Å². The predicted molar refractivity (Wildman–Crippen MR) is 109 cm³/mol. The number of ether oxygens (including phenoxy) is 3. The van der Waals surface area contributed by atoms with E-state index in [9.17, 15) is 4.79 Å². The minimum absolute atomic E-state index is 0.0176. The standard InChI is InChI=1S/C23H29NO4/c1-15(2)23(18-7-9-20-21(13-18)27-11-5-10-26-20)24-22(25)14-28-19-8-6-16(3)17(4)12-19/h6-9,12-13,15,23H,5,10-11,14H2,1-4H3,(H,24,25)/t23-/m0/s1. The number of hydrogen-bond donors (Lipinski definition) is 1. The van der Waals surface area contributed by atoms with Gasteiger partial charge in [0, 0.05) is 6.42 Å². The molecule has 0 spiro atoms. The molecule has 1 amide bonds. The van der Waals surface area contributed by atoms with E-state index in [4.69, 9.17) is 14.2 Å². The van der Waals surface area contributed by atoms with Crippen LogP contribution in [0.25, 0.3) is 0 Å². The molecule has 0 unspecified atom stereocenters. The number of rotatable bonds is 6. The van der Waals surface area contributed by atoms with Crippen molar-refractivity contribution in [2.24, 2.45) is 5.92 Å². The maximum absolute atomic E-state index is 12.5. The van der Waals surface area contributed by atoms with E-state index in [0.29, 0.717) is 19.0 Å². The van der Waals surface area contributed by atoms with Gasteiger partial charge in [0.05, 0.1) is 19.3 Å². The van der Waals surface area contributed by atoms with Gasteiger partial charge in [0.25, 0.3) is 5.91 Å². The summed E-state index contributed by atoms with van der Waals surface area (Å²) >= 11 is 0. The Morgan fingerprint density at radius 1 is 1.04 bits per heavy atom. The molecule has 0 aliphatic carbocycles. The van der Waals surface area contributed by atoms with E-state index < -0.39 is 0 Å². The van der Waals surface area contributed by atoms with Crippen LogP contribution in [-0.2, 0) is 4.79 Å². The van der Waals surface area contributed by atoms with Crippen molar-refractivity contribution in [2.45, 2.75) is 40.2 Å². The van der Waals surface area contributed by atoms with Gasteiger partial charge in [-0.15, -0.1) is 0 Å². The van der Waals surface area contributed by atoms with Crippen molar-refractivity contribution in [3.63, 3.8) is 0 Å². The zero-order chi connectivity index (χ0) is 20.1. The third-order valence-electron chi connectivity index (χ3n) is 4.96. The molecule has 1 aliphatic rings. The quantitative estimate of drug-likeness (QED) is 0.805. The molecule has 5 heteroatoms. The minimum atomic E-state index is -0.149. The fourth-order valence-corrected chi connectivity index (χ4v) is 3.18. The second kappa shape index (κ2) is 9.00. The number of nitrogens with one attached hydrogen (secondary N) is 1. The zero-order valence-corrected chi connectivity index (χ0v) is 17.1. The molecular weight excluding hydrogens is 354 g/mol. The van der Waals surface area contributed by atoms with Gasteiger partial charge in [-0.3, -0.25) is 4.79 Å². The van der Waals surface area contributed by atoms with E-state index in [1.54, 1.807) is 0 Å². The third kappa shape index (κ3) is 4.97. The molecule has 1 atom stereocenters. The van der Waals surface area contributed by atoms with E-state index in [1.165, 1.54) is 5.56 Å². The van der Waals surface area contributed by atoms with E-state index in [0.717, 1.165) is 29.0 Å². The first kappa shape index (κ1) is 20.1. The number of fused-ring (bicyclic) bond motifs is 1. The molecule has 0 fully saturated rings. The first-order valence-corrected chi connectivity index (χ1v) is 9.83. The summed E-state index contributed by atoms with van der Waals surface area (Å²) in [4.78, 5) is 12.5. The van der Waals surface area contributed by atoms with Gasteiger partial charge >= 0.3 is 0 Å². The second-order valence-corrected chi connectivity index (χ2v) is 7.58. The molecule has 0 aromatic heterocycles. The summed E-state index contributed by atoms with van der Waals surface area (Å²) in [5.41, 5.74) is 3.34. The van der Waals surface area contributed by atoms with Crippen molar-refractivity contribution < 1.29 is 19.0 Å². The summed E-state index contributed by atoms with van der Waals surface area (Å²) < 4.78 is 17.2. The number of hydrogen-bond acceptors (Lipinski definition) is 4. The molecule has 2 aromatic carbocycles. The Kier molecular flexibility index (Phi) is 6.45. The smallest absolute Gasteiger partial charge is 0.258 e. The molecule has 0 saturated carbocycles. The highest BCUT2D eigenvalue weighted by Crippen LogP contribution is 2.34. The Morgan fingerprint density at radius 3 is 2.50 bits per heavy atom. The molecule has 0 bridgehead atoms. The molecule has 1 aliphatic heterocycles. The summed E-state index contributed by atoms with van der Waals surface area (Å²) in [5, 5.41) is 3.09. The number of aryl methyl sites for hydroxylation is 2. The van der Waals surface area contributed by atoms with Crippen LogP contribution in [0.5, 0.6) is 17.2 Å². The molecule has 2 aromatic rings. The summed E-state index contributed by atoms with van der Waals surface area (Å²) in [6.45, 7) is 9.52. The Balaban J connectivity index is 1.66. The van der Waals surface area contributed by atoms with Crippen LogP contribution in [0.4, 0.5) is 0 Å². The minimum Gasteiger partial charge on any atom is -0.490 e. The highest BCUT2D eigenvalue weighted by Gasteiger charge is 2.21. The number of carbonyl (C=O) groups excluding carboxylic acids is 1. The average Bonchev–Trinajstić information content (AvgIpc) is 2.91. The topological polar surface area (TPSA) is 56.8 Å². The van der Waals surface area contributed by atoms with E-state index in [-0.39, 0.29) is 24.5 Å². The highest BCUT2D eigenvalue weighted by molar-refractivity contribution is 5.78. The zero-order valence-electron chi connectivity index (χ0n) is 17.1. The van der Waals surface area contributed by atoms with Crippen LogP contribution < -0.4 is 19.5 Å². The lowest BCUT2D eigenvalue weighted by Crippen LogP contribution is -2.35. The van der Waals surface area contributed by atoms with Crippen LogP contribution in [0.15, 0.2) is 36.4 Å². The maximum Gasteiger partial charge on any atom is 0.258 e. The maximum atomic E-state index is 12.5. The molecule has 3 rings (SSSR count). The Hall–Kier alpha value is -2.69. The van der Waals surface area contributed by atoms with E-state index in [2.05, 4.69) is 19.2 Å². The van der Waals surface area contributed by atoms with Crippen molar-refractivity contribution in [2.75, 3.05) is 19.8 Å². The molecule has 0 radical (unpaired) electrons. The summed E-state index contributed by atoms with van der Waals surface area (Å²) in [6, 6.07) is 11.6. The van der Waals surface area contributed by atoms with E-state index >= 15 is 0 Å². The lowest BCUT2D eigenvalue weighted by Gasteiger charge is -2.24. The molecule has 28 heavy (non-hydrogen) atoms. The molecule has 1 N–H and O–H groups in total. The number of benzene rings is 2. The molecular formula is C23H29NO4. The van der Waals surface area contributed by atoms with Gasteiger partial charge < -0.3 is 19.5 Å². The molecule has 5 nitrogen and oxygen atoms in total. The van der Waals surface area contributed by atoms with Gasteiger partial charge in [0.1, 0.15) is 5.75 Å². The Bertz CT molecular complexity index is 831. The van der Waals surface area contributed by atoms with Crippen molar-refractivity contribution in [3.05, 3.63) is 53.1 Å². The number of amides is 1. The molecule has 150 valence electrons. The van der Waals surface area contributed by atoms with Gasteiger partial charge in [-0.25, -0.2) is 0 Å². The van der Waals surface area contributed by atoms with Crippen molar-refractivity contribution in [3.8, 4) is 17.2 Å². The van der Waals surface area contributed by atoms with Crippen LogP contribution >= 0.6 is 0 Å². The fraction of sp³-hybridized carbons (Fsp3) is 0.435. The van der Waals surface area contributed by atoms with Crippen LogP contribution in [0.3, 0.4) is 0 Å². The van der Waals surface area contributed by atoms with Gasteiger partial charge in [-0.2, -0.15) is 0 Å². The van der Waals surface area contributed by atoms with Crippen molar-refractivity contribution in [1.82, 2.24) is 5.32 Å². The van der Waals surface area contributed by atoms with Crippen LogP contribution in [-0.4, -0.2) is 25.7 Å². The van der Waals surface area contributed by atoms with Gasteiger partial charge in [-0.1, -0.05) is 26.0 Å². The average molecular weight is 383 g/mol. The van der Waals surface area contributed by atoms with E-state index in [1.807, 2.05) is 50.2 Å². The summed E-state index contributed by atoms with van der Waals surface area (Å²) in [6.07, 6.45) is 0.865. The molecule has 1 heterocycles. The second-order valence-electron chi connectivity index (χ2n) is 7.58. The Morgan fingerprint density at radius 2 is 1.79 bits per heavy atom. The SMILES string of the molecule is Cc1ccc(OCC(=O)N[C@H](c2ccc3c(c2)OCCCO3)C(C)C)cc1C. The lowest BCUT2D eigenvalue weighted by molar-refractivity contribution is -0.124. The monoisotopic (exact) mass is 383 g/mol.